The van der Waals surface area contributed by atoms with E-state index >= 15 is 0 Å². The average Bonchev–Trinajstić information content (AvgIpc) is 2.99. The summed E-state index contributed by atoms with van der Waals surface area (Å²) in [5, 5.41) is 7.49. The summed E-state index contributed by atoms with van der Waals surface area (Å²) < 4.78 is 0. The van der Waals surface area contributed by atoms with E-state index in [1.807, 2.05) is 0 Å². The summed E-state index contributed by atoms with van der Waals surface area (Å²) in [7, 11) is 3.58. The molecule has 1 aliphatic heterocycles. The third-order valence-corrected chi connectivity index (χ3v) is 4.73. The first-order valence-electron chi connectivity index (χ1n) is 7.18. The van der Waals surface area contributed by atoms with Gasteiger partial charge in [0.25, 0.3) is 0 Å². The van der Waals surface area contributed by atoms with E-state index in [1.165, 1.54) is 5.56 Å². The van der Waals surface area contributed by atoms with Crippen LogP contribution in [0.2, 0.25) is 0 Å². The quantitative estimate of drug-likeness (QED) is 0.926. The van der Waals surface area contributed by atoms with Crippen molar-refractivity contribution < 1.29 is 4.79 Å². The third kappa shape index (κ3) is 3.73. The minimum Gasteiger partial charge on any atom is -0.334 e. The molecule has 0 aliphatic carbocycles. The molecule has 1 saturated heterocycles. The molecule has 112 valence electrons. The number of urea groups is 1. The topological polar surface area (TPSA) is 35.6 Å². The molecule has 0 saturated carbocycles. The monoisotopic (exact) mass is 295 g/mol. The summed E-state index contributed by atoms with van der Waals surface area (Å²) in [6.07, 6.45) is 0. The second kappa shape index (κ2) is 6.59. The van der Waals surface area contributed by atoms with E-state index in [0.29, 0.717) is 11.8 Å². The normalized spacial score (nSPS) is 23.2. The molecule has 2 atom stereocenters. The van der Waals surface area contributed by atoms with Gasteiger partial charge in [0.05, 0.1) is 0 Å². The fourth-order valence-electron chi connectivity index (χ4n) is 2.80. The van der Waals surface area contributed by atoms with Crippen molar-refractivity contribution in [2.75, 3.05) is 27.2 Å². The highest BCUT2D eigenvalue weighted by Crippen LogP contribution is 2.26. The van der Waals surface area contributed by atoms with Crippen molar-refractivity contribution in [3.63, 3.8) is 0 Å². The van der Waals surface area contributed by atoms with Crippen molar-refractivity contribution in [1.82, 2.24) is 15.1 Å². The SMILES string of the molecule is CC(C)[C@@H]1CN(Cc2ccsc2)C[C@H]1NC(=O)N(C)C. The second-order valence-electron chi connectivity index (χ2n) is 6.18. The van der Waals surface area contributed by atoms with E-state index in [0.717, 1.165) is 19.6 Å². The Morgan fingerprint density at radius 2 is 2.25 bits per heavy atom. The first-order valence-corrected chi connectivity index (χ1v) is 8.13. The number of carbonyl (C=O) groups is 1. The minimum atomic E-state index is 0.0121. The average molecular weight is 295 g/mol. The predicted octanol–water partition coefficient (Wildman–Crippen LogP) is 2.48. The van der Waals surface area contributed by atoms with Crippen LogP contribution >= 0.6 is 11.3 Å². The van der Waals surface area contributed by atoms with Crippen LogP contribution in [-0.4, -0.2) is 49.1 Å². The summed E-state index contributed by atoms with van der Waals surface area (Å²) in [6.45, 7) is 7.48. The van der Waals surface area contributed by atoms with E-state index in [2.05, 4.69) is 40.9 Å². The van der Waals surface area contributed by atoms with Crippen molar-refractivity contribution in [3.05, 3.63) is 22.4 Å². The summed E-state index contributed by atoms with van der Waals surface area (Å²) in [4.78, 5) is 16.0. The second-order valence-corrected chi connectivity index (χ2v) is 6.96. The van der Waals surface area contributed by atoms with E-state index in [4.69, 9.17) is 0 Å². The summed E-state index contributed by atoms with van der Waals surface area (Å²) in [5.74, 6) is 1.10. The number of likely N-dealkylation sites (tertiary alicyclic amines) is 1. The Balaban J connectivity index is 1.97. The van der Waals surface area contributed by atoms with Gasteiger partial charge < -0.3 is 10.2 Å². The first-order chi connectivity index (χ1) is 9.47. The Labute approximate surface area is 125 Å². The van der Waals surface area contributed by atoms with Crippen LogP contribution in [0.5, 0.6) is 0 Å². The molecule has 0 unspecified atom stereocenters. The molecule has 1 N–H and O–H groups in total. The molecule has 0 aromatic carbocycles. The minimum absolute atomic E-state index is 0.0121. The van der Waals surface area contributed by atoms with Gasteiger partial charge in [0.1, 0.15) is 0 Å². The standard InChI is InChI=1S/C15H25N3OS/c1-11(2)13-8-18(7-12-5-6-20-10-12)9-14(13)16-15(19)17(3)4/h5-6,10-11,13-14H,7-9H2,1-4H3,(H,16,19)/t13-,14+/m0/s1. The van der Waals surface area contributed by atoms with E-state index in [-0.39, 0.29) is 12.1 Å². The van der Waals surface area contributed by atoms with Crippen LogP contribution < -0.4 is 5.32 Å². The van der Waals surface area contributed by atoms with Crippen molar-refractivity contribution in [1.29, 1.82) is 0 Å². The van der Waals surface area contributed by atoms with Gasteiger partial charge in [-0.3, -0.25) is 4.90 Å². The predicted molar refractivity (Wildman–Crippen MR) is 83.9 cm³/mol. The van der Waals surface area contributed by atoms with Crippen LogP contribution in [0, 0.1) is 11.8 Å². The number of nitrogens with zero attached hydrogens (tertiary/aromatic N) is 2. The van der Waals surface area contributed by atoms with Gasteiger partial charge in [-0.05, 0) is 34.2 Å². The summed E-state index contributed by atoms with van der Waals surface area (Å²) >= 11 is 1.74. The lowest BCUT2D eigenvalue weighted by molar-refractivity contribution is 0.207. The van der Waals surface area contributed by atoms with Crippen LogP contribution in [0.4, 0.5) is 4.79 Å². The van der Waals surface area contributed by atoms with Crippen molar-refractivity contribution >= 4 is 17.4 Å². The molecule has 2 rings (SSSR count). The Morgan fingerprint density at radius 1 is 1.50 bits per heavy atom. The number of thiophene rings is 1. The van der Waals surface area contributed by atoms with Gasteiger partial charge in [0.2, 0.25) is 0 Å². The van der Waals surface area contributed by atoms with Crippen LogP contribution in [-0.2, 0) is 6.54 Å². The molecule has 20 heavy (non-hydrogen) atoms. The van der Waals surface area contributed by atoms with E-state index in [1.54, 1.807) is 30.3 Å². The third-order valence-electron chi connectivity index (χ3n) is 4.00. The number of carbonyl (C=O) groups excluding carboxylic acids is 1. The smallest absolute Gasteiger partial charge is 0.317 e. The highest BCUT2D eigenvalue weighted by atomic mass is 32.1. The maximum absolute atomic E-state index is 11.9. The van der Waals surface area contributed by atoms with Gasteiger partial charge >= 0.3 is 6.03 Å². The van der Waals surface area contributed by atoms with Crippen molar-refractivity contribution in [3.8, 4) is 0 Å². The maximum atomic E-state index is 11.9. The zero-order valence-corrected chi connectivity index (χ0v) is 13.6. The Hall–Kier alpha value is -1.07. The van der Waals surface area contributed by atoms with Gasteiger partial charge in [-0.2, -0.15) is 11.3 Å². The van der Waals surface area contributed by atoms with E-state index < -0.39 is 0 Å². The molecular weight excluding hydrogens is 270 g/mol. The van der Waals surface area contributed by atoms with Gasteiger partial charge in [0, 0.05) is 39.8 Å². The Morgan fingerprint density at radius 3 is 2.80 bits per heavy atom. The molecule has 0 radical (unpaired) electrons. The highest BCUT2D eigenvalue weighted by Gasteiger charge is 2.35. The van der Waals surface area contributed by atoms with Gasteiger partial charge in [-0.15, -0.1) is 0 Å². The maximum Gasteiger partial charge on any atom is 0.317 e. The number of hydrogen-bond donors (Lipinski definition) is 1. The van der Waals surface area contributed by atoms with Gasteiger partial charge in [-0.1, -0.05) is 13.8 Å². The molecule has 4 nitrogen and oxygen atoms in total. The van der Waals surface area contributed by atoms with Crippen LogP contribution in [0.15, 0.2) is 16.8 Å². The Bertz CT molecular complexity index is 430. The molecule has 1 aliphatic rings. The molecule has 0 spiro atoms. The summed E-state index contributed by atoms with van der Waals surface area (Å²) in [5.41, 5.74) is 1.37. The lowest BCUT2D eigenvalue weighted by atomic mass is 9.91. The Kier molecular flexibility index (Phi) is 5.05. The molecule has 2 heterocycles. The molecular formula is C15H25N3OS. The van der Waals surface area contributed by atoms with Crippen molar-refractivity contribution in [2.24, 2.45) is 11.8 Å². The number of nitrogens with one attached hydrogen (secondary N) is 1. The zero-order valence-electron chi connectivity index (χ0n) is 12.8. The molecule has 1 aromatic heterocycles. The number of amides is 2. The fraction of sp³-hybridized carbons (Fsp3) is 0.667. The number of hydrogen-bond acceptors (Lipinski definition) is 3. The molecule has 1 fully saturated rings. The fourth-order valence-corrected chi connectivity index (χ4v) is 3.46. The van der Waals surface area contributed by atoms with Crippen molar-refractivity contribution in [2.45, 2.75) is 26.4 Å². The first kappa shape index (κ1) is 15.3. The largest absolute Gasteiger partial charge is 0.334 e. The summed E-state index contributed by atoms with van der Waals surface area (Å²) in [6, 6.07) is 2.45. The molecule has 1 aromatic rings. The molecule has 0 bridgehead atoms. The highest BCUT2D eigenvalue weighted by molar-refractivity contribution is 7.07. The van der Waals surface area contributed by atoms with Crippen LogP contribution in [0.1, 0.15) is 19.4 Å². The van der Waals surface area contributed by atoms with Gasteiger partial charge in [0.15, 0.2) is 0 Å². The van der Waals surface area contributed by atoms with E-state index in [9.17, 15) is 4.79 Å². The molecule has 2 amide bonds. The van der Waals surface area contributed by atoms with Gasteiger partial charge in [-0.25, -0.2) is 4.79 Å². The van der Waals surface area contributed by atoms with Crippen LogP contribution in [0.25, 0.3) is 0 Å². The lowest BCUT2D eigenvalue weighted by Gasteiger charge is -2.24. The lowest BCUT2D eigenvalue weighted by Crippen LogP contribution is -2.46. The molecule has 5 heteroatoms. The van der Waals surface area contributed by atoms with Crippen LogP contribution in [0.3, 0.4) is 0 Å². The zero-order chi connectivity index (χ0) is 14.7. The number of rotatable bonds is 4.